The summed E-state index contributed by atoms with van der Waals surface area (Å²) in [5.41, 5.74) is 9.83. The second-order valence-corrected chi connectivity index (χ2v) is 5.33. The molecule has 2 aromatic rings. The molecule has 0 bridgehead atoms. The van der Waals surface area contributed by atoms with Gasteiger partial charge >= 0.3 is 0 Å². The van der Waals surface area contributed by atoms with Gasteiger partial charge in [-0.3, -0.25) is 0 Å². The first-order valence-electron chi connectivity index (χ1n) is 5.94. The lowest BCUT2D eigenvalue weighted by molar-refractivity contribution is 0.708. The SMILES string of the molecule is CCc1ccc(C(N)Cc2csc(C)n2)cc1. The molecule has 0 spiro atoms. The van der Waals surface area contributed by atoms with E-state index < -0.39 is 0 Å². The van der Waals surface area contributed by atoms with E-state index in [9.17, 15) is 0 Å². The van der Waals surface area contributed by atoms with Gasteiger partial charge in [0.05, 0.1) is 10.7 Å². The van der Waals surface area contributed by atoms with Gasteiger partial charge < -0.3 is 5.73 Å². The quantitative estimate of drug-likeness (QED) is 0.899. The van der Waals surface area contributed by atoms with E-state index >= 15 is 0 Å². The molecule has 0 radical (unpaired) electrons. The molecule has 90 valence electrons. The van der Waals surface area contributed by atoms with Crippen LogP contribution in [-0.2, 0) is 12.8 Å². The lowest BCUT2D eigenvalue weighted by Crippen LogP contribution is -2.13. The summed E-state index contributed by atoms with van der Waals surface area (Å²) >= 11 is 1.68. The summed E-state index contributed by atoms with van der Waals surface area (Å²) in [7, 11) is 0. The predicted octanol–water partition coefficient (Wildman–Crippen LogP) is 3.26. The predicted molar refractivity (Wildman–Crippen MR) is 73.3 cm³/mol. The Balaban J connectivity index is 2.06. The van der Waals surface area contributed by atoms with Crippen LogP contribution in [0.25, 0.3) is 0 Å². The lowest BCUT2D eigenvalue weighted by Gasteiger charge is -2.11. The average molecular weight is 246 g/mol. The van der Waals surface area contributed by atoms with Gasteiger partial charge in [-0.15, -0.1) is 11.3 Å². The summed E-state index contributed by atoms with van der Waals surface area (Å²) in [6, 6.07) is 8.61. The van der Waals surface area contributed by atoms with Crippen LogP contribution in [0.15, 0.2) is 29.6 Å². The zero-order valence-electron chi connectivity index (χ0n) is 10.3. The fraction of sp³-hybridized carbons (Fsp3) is 0.357. The zero-order valence-corrected chi connectivity index (χ0v) is 11.1. The molecular formula is C14H18N2S. The summed E-state index contributed by atoms with van der Waals surface area (Å²) in [5, 5.41) is 3.20. The summed E-state index contributed by atoms with van der Waals surface area (Å²) in [5.74, 6) is 0. The van der Waals surface area contributed by atoms with Gasteiger partial charge in [0.25, 0.3) is 0 Å². The van der Waals surface area contributed by atoms with Crippen LogP contribution in [0.3, 0.4) is 0 Å². The number of hydrogen-bond donors (Lipinski definition) is 1. The number of aromatic nitrogens is 1. The highest BCUT2D eigenvalue weighted by Gasteiger charge is 2.09. The average Bonchev–Trinajstić information content (AvgIpc) is 2.75. The van der Waals surface area contributed by atoms with Crippen molar-refractivity contribution >= 4 is 11.3 Å². The third kappa shape index (κ3) is 3.14. The monoisotopic (exact) mass is 246 g/mol. The Morgan fingerprint density at radius 3 is 2.53 bits per heavy atom. The van der Waals surface area contributed by atoms with Crippen molar-refractivity contribution in [3.05, 3.63) is 51.5 Å². The van der Waals surface area contributed by atoms with E-state index in [-0.39, 0.29) is 6.04 Å². The zero-order chi connectivity index (χ0) is 12.3. The maximum Gasteiger partial charge on any atom is 0.0897 e. The molecule has 1 aromatic heterocycles. The van der Waals surface area contributed by atoms with Crippen LogP contribution in [0, 0.1) is 6.92 Å². The largest absolute Gasteiger partial charge is 0.324 e. The van der Waals surface area contributed by atoms with Crippen molar-refractivity contribution in [3.8, 4) is 0 Å². The topological polar surface area (TPSA) is 38.9 Å². The second-order valence-electron chi connectivity index (χ2n) is 4.26. The Hall–Kier alpha value is -1.19. The highest BCUT2D eigenvalue weighted by atomic mass is 32.1. The van der Waals surface area contributed by atoms with Gasteiger partial charge in [-0.25, -0.2) is 4.98 Å². The minimum Gasteiger partial charge on any atom is -0.324 e. The van der Waals surface area contributed by atoms with E-state index in [0.717, 1.165) is 23.5 Å². The molecule has 0 aliphatic heterocycles. The van der Waals surface area contributed by atoms with Crippen molar-refractivity contribution in [1.82, 2.24) is 4.98 Å². The van der Waals surface area contributed by atoms with Crippen LogP contribution < -0.4 is 5.73 Å². The maximum absolute atomic E-state index is 6.19. The third-order valence-electron chi connectivity index (χ3n) is 2.91. The number of hydrogen-bond acceptors (Lipinski definition) is 3. The summed E-state index contributed by atoms with van der Waals surface area (Å²) in [4.78, 5) is 4.45. The van der Waals surface area contributed by atoms with Crippen molar-refractivity contribution in [2.24, 2.45) is 5.73 Å². The highest BCUT2D eigenvalue weighted by molar-refractivity contribution is 7.09. The molecule has 0 aliphatic carbocycles. The van der Waals surface area contributed by atoms with E-state index in [4.69, 9.17) is 5.73 Å². The first kappa shape index (κ1) is 12.3. The molecule has 0 saturated heterocycles. The number of nitrogens with zero attached hydrogens (tertiary/aromatic N) is 1. The molecule has 1 atom stereocenters. The minimum absolute atomic E-state index is 0.0439. The number of aryl methyl sites for hydroxylation is 2. The lowest BCUT2D eigenvalue weighted by atomic mass is 10.0. The van der Waals surface area contributed by atoms with E-state index in [1.807, 2.05) is 6.92 Å². The van der Waals surface area contributed by atoms with Crippen LogP contribution in [0.1, 0.15) is 34.8 Å². The number of thiazole rings is 1. The third-order valence-corrected chi connectivity index (χ3v) is 3.73. The number of benzene rings is 1. The van der Waals surface area contributed by atoms with Crippen molar-refractivity contribution in [2.45, 2.75) is 32.7 Å². The molecule has 17 heavy (non-hydrogen) atoms. The molecule has 2 N–H and O–H groups in total. The van der Waals surface area contributed by atoms with Crippen LogP contribution in [0.4, 0.5) is 0 Å². The van der Waals surface area contributed by atoms with Crippen molar-refractivity contribution in [3.63, 3.8) is 0 Å². The van der Waals surface area contributed by atoms with Gasteiger partial charge in [0, 0.05) is 17.8 Å². The molecular weight excluding hydrogens is 228 g/mol. The summed E-state index contributed by atoms with van der Waals surface area (Å²) < 4.78 is 0. The summed E-state index contributed by atoms with van der Waals surface area (Å²) in [6.45, 7) is 4.18. The van der Waals surface area contributed by atoms with Gasteiger partial charge in [0.15, 0.2) is 0 Å². The Morgan fingerprint density at radius 1 is 1.29 bits per heavy atom. The Labute approximate surface area is 107 Å². The normalized spacial score (nSPS) is 12.6. The smallest absolute Gasteiger partial charge is 0.0897 e. The molecule has 0 fully saturated rings. The molecule has 3 heteroatoms. The van der Waals surface area contributed by atoms with Crippen LogP contribution in [-0.4, -0.2) is 4.98 Å². The molecule has 1 heterocycles. The maximum atomic E-state index is 6.19. The molecule has 1 aromatic carbocycles. The molecule has 2 rings (SSSR count). The molecule has 2 nitrogen and oxygen atoms in total. The molecule has 1 unspecified atom stereocenters. The van der Waals surface area contributed by atoms with Crippen molar-refractivity contribution < 1.29 is 0 Å². The molecule has 0 saturated carbocycles. The Bertz CT molecular complexity index is 473. The van der Waals surface area contributed by atoms with Crippen LogP contribution in [0.2, 0.25) is 0 Å². The van der Waals surface area contributed by atoms with E-state index in [1.54, 1.807) is 11.3 Å². The number of nitrogens with two attached hydrogens (primary N) is 1. The summed E-state index contributed by atoms with van der Waals surface area (Å²) in [6.07, 6.45) is 1.89. The van der Waals surface area contributed by atoms with Crippen LogP contribution in [0.5, 0.6) is 0 Å². The fourth-order valence-corrected chi connectivity index (χ4v) is 2.47. The number of rotatable bonds is 4. The van der Waals surface area contributed by atoms with E-state index in [0.29, 0.717) is 0 Å². The standard InChI is InChI=1S/C14H18N2S/c1-3-11-4-6-12(7-5-11)14(15)8-13-9-17-10(2)16-13/h4-7,9,14H,3,8,15H2,1-2H3. The van der Waals surface area contributed by atoms with Gasteiger partial charge in [-0.05, 0) is 24.5 Å². The van der Waals surface area contributed by atoms with E-state index in [1.165, 1.54) is 11.1 Å². The van der Waals surface area contributed by atoms with Crippen molar-refractivity contribution in [1.29, 1.82) is 0 Å². The second kappa shape index (κ2) is 5.43. The van der Waals surface area contributed by atoms with Gasteiger partial charge in [0.1, 0.15) is 0 Å². The Kier molecular flexibility index (Phi) is 3.92. The van der Waals surface area contributed by atoms with Gasteiger partial charge in [0.2, 0.25) is 0 Å². The van der Waals surface area contributed by atoms with Gasteiger partial charge in [-0.1, -0.05) is 31.2 Å². The highest BCUT2D eigenvalue weighted by Crippen LogP contribution is 2.18. The van der Waals surface area contributed by atoms with Gasteiger partial charge in [-0.2, -0.15) is 0 Å². The fourth-order valence-electron chi connectivity index (χ4n) is 1.85. The first-order valence-corrected chi connectivity index (χ1v) is 6.82. The van der Waals surface area contributed by atoms with Crippen molar-refractivity contribution in [2.75, 3.05) is 0 Å². The van der Waals surface area contributed by atoms with E-state index in [2.05, 4.69) is 41.6 Å². The first-order chi connectivity index (χ1) is 8.19. The van der Waals surface area contributed by atoms with Crippen LogP contribution >= 0.6 is 11.3 Å². The Morgan fingerprint density at radius 2 is 2.00 bits per heavy atom. The minimum atomic E-state index is 0.0439. The molecule has 0 aliphatic rings. The molecule has 0 amide bonds.